The number of anilines is 1. The van der Waals surface area contributed by atoms with Crippen molar-refractivity contribution in [3.63, 3.8) is 0 Å². The summed E-state index contributed by atoms with van der Waals surface area (Å²) in [5, 5.41) is 21.6. The van der Waals surface area contributed by atoms with Crippen molar-refractivity contribution in [1.82, 2.24) is 4.98 Å². The third-order valence-corrected chi connectivity index (χ3v) is 6.18. The van der Waals surface area contributed by atoms with Crippen molar-refractivity contribution in [2.24, 2.45) is 0 Å². The van der Waals surface area contributed by atoms with E-state index in [9.17, 15) is 14.9 Å². The van der Waals surface area contributed by atoms with E-state index in [0.717, 1.165) is 20.8 Å². The second-order valence-corrected chi connectivity index (χ2v) is 8.19. The number of morpholine rings is 1. The maximum absolute atomic E-state index is 11.7. The number of para-hydroxylation sites is 1. The van der Waals surface area contributed by atoms with E-state index in [0.29, 0.717) is 37.6 Å². The van der Waals surface area contributed by atoms with Gasteiger partial charge in [-0.1, -0.05) is 18.2 Å². The van der Waals surface area contributed by atoms with Crippen LogP contribution in [0.3, 0.4) is 0 Å². The number of nitro benzene ring substituents is 1. The van der Waals surface area contributed by atoms with Crippen LogP contribution in [0.5, 0.6) is 0 Å². The highest BCUT2D eigenvalue weighted by molar-refractivity contribution is 7.19. The van der Waals surface area contributed by atoms with E-state index in [-0.39, 0.29) is 23.5 Å². The summed E-state index contributed by atoms with van der Waals surface area (Å²) in [5.74, 6) is -0.902. The molecule has 9 heteroatoms. The van der Waals surface area contributed by atoms with E-state index in [2.05, 4.69) is 4.98 Å². The molecule has 8 nitrogen and oxygen atoms in total. The number of ether oxygens (including phenoxy) is 1. The molecule has 2 aromatic carbocycles. The summed E-state index contributed by atoms with van der Waals surface area (Å²) < 4.78 is 6.35. The van der Waals surface area contributed by atoms with E-state index >= 15 is 0 Å². The van der Waals surface area contributed by atoms with Gasteiger partial charge in [-0.3, -0.25) is 14.9 Å². The number of carboxylic acids is 1. The molecule has 0 saturated carbocycles. The van der Waals surface area contributed by atoms with Crippen LogP contribution < -0.4 is 4.90 Å². The molecule has 1 fully saturated rings. The van der Waals surface area contributed by atoms with Gasteiger partial charge in [-0.2, -0.15) is 0 Å². The number of carbonyl (C=O) groups is 1. The van der Waals surface area contributed by atoms with Gasteiger partial charge in [0.25, 0.3) is 5.69 Å². The van der Waals surface area contributed by atoms with Crippen LogP contribution in [0.2, 0.25) is 0 Å². The molecule has 1 N–H and O–H groups in total. The van der Waals surface area contributed by atoms with Gasteiger partial charge in [-0.25, -0.2) is 4.98 Å². The zero-order chi connectivity index (χ0) is 21.8. The quantitative estimate of drug-likeness (QED) is 0.428. The summed E-state index contributed by atoms with van der Waals surface area (Å²) in [7, 11) is 0. The van der Waals surface area contributed by atoms with Crippen LogP contribution in [0.4, 0.5) is 11.4 Å². The minimum atomic E-state index is -0.902. The molecule has 0 bridgehead atoms. The van der Waals surface area contributed by atoms with Gasteiger partial charge in [-0.05, 0) is 41.8 Å². The minimum Gasteiger partial charge on any atom is -0.481 e. The number of fused-ring (bicyclic) bond motifs is 1. The Balaban J connectivity index is 1.72. The third-order valence-electron chi connectivity index (χ3n) is 5.07. The summed E-state index contributed by atoms with van der Waals surface area (Å²) >= 11 is 1.48. The maximum atomic E-state index is 11.7. The number of nitrogens with zero attached hydrogens (tertiary/aromatic N) is 3. The molecule has 0 aliphatic carbocycles. The molecule has 3 aromatic rings. The highest BCUT2D eigenvalue weighted by Gasteiger charge is 2.22. The highest BCUT2D eigenvalue weighted by Crippen LogP contribution is 2.34. The predicted octanol–water partition coefficient (Wildman–Crippen LogP) is 4.45. The number of hydrogen-bond donors (Lipinski definition) is 1. The molecular formula is C22H21N3O5S. The minimum absolute atomic E-state index is 0.0255. The summed E-state index contributed by atoms with van der Waals surface area (Å²) in [5.41, 5.74) is 2.83. The molecule has 31 heavy (non-hydrogen) atoms. The molecule has 1 aromatic heterocycles. The number of nitro groups is 1. The number of allylic oxidation sites excluding steroid dienone is 1. The van der Waals surface area contributed by atoms with E-state index in [1.807, 2.05) is 35.2 Å². The number of carboxylic acid groups (broad SMARTS) is 1. The normalized spacial score (nSPS) is 14.7. The Bertz CT molecular complexity index is 1120. The Hall–Kier alpha value is -3.30. The lowest BCUT2D eigenvalue weighted by molar-refractivity contribution is -0.384. The fourth-order valence-electron chi connectivity index (χ4n) is 3.54. The summed E-state index contributed by atoms with van der Waals surface area (Å²) in [6.45, 7) is 2.28. The topological polar surface area (TPSA) is 106 Å². The van der Waals surface area contributed by atoms with Gasteiger partial charge in [0.2, 0.25) is 0 Å². The predicted molar refractivity (Wildman–Crippen MR) is 120 cm³/mol. The van der Waals surface area contributed by atoms with E-state index in [4.69, 9.17) is 9.84 Å². The van der Waals surface area contributed by atoms with Gasteiger partial charge in [0.1, 0.15) is 10.7 Å². The molecule has 0 spiro atoms. The van der Waals surface area contributed by atoms with Crippen molar-refractivity contribution in [3.8, 4) is 0 Å². The number of rotatable bonds is 7. The van der Waals surface area contributed by atoms with Crippen LogP contribution in [0, 0.1) is 10.1 Å². The molecule has 1 saturated heterocycles. The smallest absolute Gasteiger partial charge is 0.303 e. The van der Waals surface area contributed by atoms with Crippen LogP contribution in [0.25, 0.3) is 21.9 Å². The largest absolute Gasteiger partial charge is 0.481 e. The van der Waals surface area contributed by atoms with Crippen molar-refractivity contribution in [2.45, 2.75) is 12.8 Å². The SMILES string of the molecule is O=C(O)CC/C(=C/c1ccc(N2CCOCC2)c([N+](=O)[O-])c1)c1nc2ccccc2s1. The number of benzene rings is 2. The molecule has 1 aliphatic rings. The first-order valence-electron chi connectivity index (χ1n) is 9.91. The Labute approximate surface area is 182 Å². The molecule has 2 heterocycles. The zero-order valence-electron chi connectivity index (χ0n) is 16.7. The van der Waals surface area contributed by atoms with Gasteiger partial charge < -0.3 is 14.7 Å². The van der Waals surface area contributed by atoms with Crippen molar-refractivity contribution in [2.75, 3.05) is 31.2 Å². The van der Waals surface area contributed by atoms with Crippen molar-refractivity contribution in [3.05, 3.63) is 63.1 Å². The number of aromatic nitrogens is 1. The standard InChI is InChI=1S/C22H21N3O5S/c26-21(27)8-6-16(22-23-17-3-1-2-4-20(17)31-22)13-15-5-7-18(19(14-15)25(28)29)24-9-11-30-12-10-24/h1-5,7,13-14H,6,8-12H2,(H,26,27)/b16-13-. The van der Waals surface area contributed by atoms with Crippen molar-refractivity contribution >= 4 is 50.5 Å². The first-order valence-corrected chi connectivity index (χ1v) is 10.7. The van der Waals surface area contributed by atoms with Gasteiger partial charge in [0.05, 0.1) is 28.4 Å². The Kier molecular flexibility index (Phi) is 6.24. The van der Waals surface area contributed by atoms with E-state index in [1.165, 1.54) is 11.3 Å². The molecular weight excluding hydrogens is 418 g/mol. The first-order chi connectivity index (χ1) is 15.0. The first kappa shape index (κ1) is 21.0. The molecule has 0 radical (unpaired) electrons. The monoisotopic (exact) mass is 439 g/mol. The molecule has 160 valence electrons. The molecule has 0 amide bonds. The average Bonchev–Trinajstić information content (AvgIpc) is 3.21. The van der Waals surface area contributed by atoms with Crippen LogP contribution >= 0.6 is 11.3 Å². The van der Waals surface area contributed by atoms with Crippen molar-refractivity contribution < 1.29 is 19.6 Å². The van der Waals surface area contributed by atoms with Crippen molar-refractivity contribution in [1.29, 1.82) is 0 Å². The van der Waals surface area contributed by atoms with Gasteiger partial charge in [-0.15, -0.1) is 11.3 Å². The van der Waals surface area contributed by atoms with Gasteiger partial charge in [0.15, 0.2) is 0 Å². The lowest BCUT2D eigenvalue weighted by Crippen LogP contribution is -2.36. The van der Waals surface area contributed by atoms with E-state index < -0.39 is 5.97 Å². The third kappa shape index (κ3) is 4.89. The van der Waals surface area contributed by atoms with E-state index in [1.54, 1.807) is 18.2 Å². The van der Waals surface area contributed by atoms with Crippen LogP contribution in [-0.2, 0) is 9.53 Å². The average molecular weight is 439 g/mol. The number of aliphatic carboxylic acids is 1. The summed E-state index contributed by atoms with van der Waals surface area (Å²) in [4.78, 5) is 29.1. The number of thiazole rings is 1. The second-order valence-electron chi connectivity index (χ2n) is 7.15. The Morgan fingerprint density at radius 1 is 1.23 bits per heavy atom. The van der Waals surface area contributed by atoms with Crippen LogP contribution in [0.15, 0.2) is 42.5 Å². The summed E-state index contributed by atoms with van der Waals surface area (Å²) in [6, 6.07) is 12.8. The Morgan fingerprint density at radius 2 is 2.00 bits per heavy atom. The molecule has 0 atom stereocenters. The van der Waals surface area contributed by atoms with Crippen LogP contribution in [-0.4, -0.2) is 47.3 Å². The highest BCUT2D eigenvalue weighted by atomic mass is 32.1. The fourth-order valence-corrected chi connectivity index (χ4v) is 4.55. The van der Waals surface area contributed by atoms with Gasteiger partial charge >= 0.3 is 5.97 Å². The second kappa shape index (κ2) is 9.23. The number of hydrogen-bond acceptors (Lipinski definition) is 7. The zero-order valence-corrected chi connectivity index (χ0v) is 17.5. The molecule has 1 aliphatic heterocycles. The summed E-state index contributed by atoms with van der Waals surface area (Å²) in [6.07, 6.45) is 2.04. The van der Waals surface area contributed by atoms with Crippen LogP contribution in [0.1, 0.15) is 23.4 Å². The fraction of sp³-hybridized carbons (Fsp3) is 0.273. The molecule has 4 rings (SSSR count). The Morgan fingerprint density at radius 3 is 2.71 bits per heavy atom. The lowest BCUT2D eigenvalue weighted by atomic mass is 10.0. The maximum Gasteiger partial charge on any atom is 0.303 e. The van der Waals surface area contributed by atoms with Gasteiger partial charge in [0, 0.05) is 25.6 Å². The lowest BCUT2D eigenvalue weighted by Gasteiger charge is -2.28. The molecule has 0 unspecified atom stereocenters.